The Balaban J connectivity index is 1.56. The number of fused-ring (bicyclic) bond motifs is 2. The Kier molecular flexibility index (Phi) is 2.91. The van der Waals surface area contributed by atoms with Crippen LogP contribution in [0.4, 0.5) is 0 Å². The number of hydrogen-bond donors (Lipinski definition) is 1. The molecule has 3 aliphatic rings. The molecular formula is C16H25N3. The highest BCUT2D eigenvalue weighted by Crippen LogP contribution is 2.52. The van der Waals surface area contributed by atoms with E-state index in [1.165, 1.54) is 44.3 Å². The third-order valence-electron chi connectivity index (χ3n) is 6.03. The van der Waals surface area contributed by atoms with Crippen molar-refractivity contribution >= 4 is 0 Å². The number of rotatable bonds is 3. The zero-order valence-corrected chi connectivity index (χ0v) is 11.9. The summed E-state index contributed by atoms with van der Waals surface area (Å²) >= 11 is 0. The van der Waals surface area contributed by atoms with E-state index in [2.05, 4.69) is 34.3 Å². The van der Waals surface area contributed by atoms with Gasteiger partial charge in [0.2, 0.25) is 0 Å². The molecule has 1 saturated heterocycles. The summed E-state index contributed by atoms with van der Waals surface area (Å²) in [4.78, 5) is 4.46. The van der Waals surface area contributed by atoms with Gasteiger partial charge in [0.05, 0.1) is 6.33 Å². The quantitative estimate of drug-likeness (QED) is 0.904. The summed E-state index contributed by atoms with van der Waals surface area (Å²) in [7, 11) is 0. The molecule has 4 rings (SSSR count). The molecule has 5 unspecified atom stereocenters. The first-order valence-electron chi connectivity index (χ1n) is 8.05. The van der Waals surface area contributed by atoms with E-state index in [1.807, 2.05) is 0 Å². The second-order valence-corrected chi connectivity index (χ2v) is 6.99. The average molecular weight is 259 g/mol. The summed E-state index contributed by atoms with van der Waals surface area (Å²) in [5, 5.41) is 3.48. The largest absolute Gasteiger partial charge is 0.331 e. The topological polar surface area (TPSA) is 29.9 Å². The van der Waals surface area contributed by atoms with E-state index in [1.54, 1.807) is 0 Å². The maximum Gasteiger partial charge on any atom is 0.0950 e. The highest BCUT2D eigenvalue weighted by molar-refractivity contribution is 5.11. The third kappa shape index (κ3) is 1.94. The van der Waals surface area contributed by atoms with Crippen LogP contribution in [-0.2, 0) is 0 Å². The summed E-state index contributed by atoms with van der Waals surface area (Å²) in [6.07, 6.45) is 11.4. The fourth-order valence-electron chi connectivity index (χ4n) is 4.97. The van der Waals surface area contributed by atoms with Crippen molar-refractivity contribution in [1.29, 1.82) is 0 Å². The van der Waals surface area contributed by atoms with Crippen LogP contribution in [0.2, 0.25) is 0 Å². The lowest BCUT2D eigenvalue weighted by atomic mass is 9.83. The van der Waals surface area contributed by atoms with Crippen molar-refractivity contribution in [2.24, 2.45) is 17.8 Å². The molecule has 2 heterocycles. The summed E-state index contributed by atoms with van der Waals surface area (Å²) < 4.78 is 2.50. The summed E-state index contributed by atoms with van der Waals surface area (Å²) in [5.74, 6) is 3.62. The monoisotopic (exact) mass is 259 g/mol. The molecule has 0 radical (unpaired) electrons. The molecule has 1 aliphatic heterocycles. The Morgan fingerprint density at radius 2 is 2.26 bits per heavy atom. The zero-order valence-electron chi connectivity index (χ0n) is 11.9. The second-order valence-electron chi connectivity index (χ2n) is 6.99. The van der Waals surface area contributed by atoms with E-state index in [0.717, 1.165) is 24.3 Å². The van der Waals surface area contributed by atoms with Crippen LogP contribution in [0, 0.1) is 17.8 Å². The van der Waals surface area contributed by atoms with Crippen LogP contribution < -0.4 is 5.32 Å². The Morgan fingerprint density at radius 3 is 2.95 bits per heavy atom. The first-order valence-corrected chi connectivity index (χ1v) is 8.05. The molecule has 19 heavy (non-hydrogen) atoms. The van der Waals surface area contributed by atoms with Crippen molar-refractivity contribution in [2.45, 2.75) is 51.0 Å². The lowest BCUT2D eigenvalue weighted by Gasteiger charge is -2.30. The van der Waals surface area contributed by atoms with Gasteiger partial charge in [-0.3, -0.25) is 0 Å². The van der Waals surface area contributed by atoms with Crippen molar-refractivity contribution in [2.75, 3.05) is 13.1 Å². The van der Waals surface area contributed by atoms with E-state index >= 15 is 0 Å². The molecule has 1 aromatic heterocycles. The first kappa shape index (κ1) is 12.0. The number of nitrogens with one attached hydrogen (secondary N) is 1. The molecule has 0 spiro atoms. The molecular weight excluding hydrogens is 234 g/mol. The highest BCUT2D eigenvalue weighted by atomic mass is 15.1. The molecule has 3 nitrogen and oxygen atoms in total. The van der Waals surface area contributed by atoms with E-state index < -0.39 is 0 Å². The van der Waals surface area contributed by atoms with Crippen LogP contribution in [0.25, 0.3) is 0 Å². The Hall–Kier alpha value is -0.830. The van der Waals surface area contributed by atoms with Gasteiger partial charge < -0.3 is 9.88 Å². The Bertz CT molecular complexity index is 447. The SMILES string of the molecule is CC(C1CC2CCC1C2)n1cncc1C1CCNC1. The molecule has 0 aromatic carbocycles. The summed E-state index contributed by atoms with van der Waals surface area (Å²) in [6, 6.07) is 0.647. The van der Waals surface area contributed by atoms with Crippen LogP contribution in [0.5, 0.6) is 0 Å². The first-order chi connectivity index (χ1) is 9.33. The van der Waals surface area contributed by atoms with Gasteiger partial charge in [-0.1, -0.05) is 6.42 Å². The van der Waals surface area contributed by atoms with Gasteiger partial charge in [-0.25, -0.2) is 4.98 Å². The smallest absolute Gasteiger partial charge is 0.0950 e. The van der Waals surface area contributed by atoms with Gasteiger partial charge in [-0.15, -0.1) is 0 Å². The van der Waals surface area contributed by atoms with Gasteiger partial charge in [-0.05, 0) is 56.9 Å². The van der Waals surface area contributed by atoms with E-state index in [4.69, 9.17) is 0 Å². The van der Waals surface area contributed by atoms with E-state index in [-0.39, 0.29) is 0 Å². The minimum atomic E-state index is 0.647. The van der Waals surface area contributed by atoms with Gasteiger partial charge in [0.1, 0.15) is 0 Å². The van der Waals surface area contributed by atoms with Crippen molar-refractivity contribution in [3.8, 4) is 0 Å². The zero-order chi connectivity index (χ0) is 12.8. The maximum atomic E-state index is 4.46. The van der Waals surface area contributed by atoms with Crippen LogP contribution in [-0.4, -0.2) is 22.6 Å². The predicted octanol–water partition coefficient (Wildman–Crippen LogP) is 2.96. The lowest BCUT2D eigenvalue weighted by Crippen LogP contribution is -2.24. The highest BCUT2D eigenvalue weighted by Gasteiger charge is 2.42. The predicted molar refractivity (Wildman–Crippen MR) is 76.1 cm³/mol. The van der Waals surface area contributed by atoms with Crippen LogP contribution in [0.3, 0.4) is 0 Å². The Labute approximate surface area is 115 Å². The minimum Gasteiger partial charge on any atom is -0.331 e. The van der Waals surface area contributed by atoms with Crippen LogP contribution in [0.15, 0.2) is 12.5 Å². The molecule has 0 amide bonds. The molecule has 104 valence electrons. The van der Waals surface area contributed by atoms with Gasteiger partial charge in [0.15, 0.2) is 0 Å². The molecule has 3 fully saturated rings. The average Bonchev–Trinajstić information content (AvgIpc) is 3.17. The van der Waals surface area contributed by atoms with Gasteiger partial charge >= 0.3 is 0 Å². The molecule has 5 atom stereocenters. The second kappa shape index (κ2) is 4.62. The summed E-state index contributed by atoms with van der Waals surface area (Å²) in [5.41, 5.74) is 1.47. The van der Waals surface area contributed by atoms with Crippen LogP contribution in [0.1, 0.15) is 56.7 Å². The Morgan fingerprint density at radius 1 is 1.32 bits per heavy atom. The van der Waals surface area contributed by atoms with Crippen molar-refractivity contribution in [3.05, 3.63) is 18.2 Å². The number of hydrogen-bond acceptors (Lipinski definition) is 2. The standard InChI is InChI=1S/C16H25N3/c1-11(15-7-12-2-3-13(15)6-12)19-10-18-9-16(19)14-4-5-17-8-14/h9-15,17H,2-8H2,1H3. The summed E-state index contributed by atoms with van der Waals surface area (Å²) in [6.45, 7) is 4.73. The molecule has 1 N–H and O–H groups in total. The number of imidazole rings is 1. The van der Waals surface area contributed by atoms with Gasteiger partial charge in [-0.2, -0.15) is 0 Å². The molecule has 2 saturated carbocycles. The van der Waals surface area contributed by atoms with Crippen molar-refractivity contribution in [1.82, 2.24) is 14.9 Å². The third-order valence-corrected chi connectivity index (χ3v) is 6.03. The molecule has 2 bridgehead atoms. The fourth-order valence-corrected chi connectivity index (χ4v) is 4.97. The number of nitrogens with zero attached hydrogens (tertiary/aromatic N) is 2. The molecule has 2 aliphatic carbocycles. The molecule has 1 aromatic rings. The van der Waals surface area contributed by atoms with Crippen LogP contribution >= 0.6 is 0 Å². The minimum absolute atomic E-state index is 0.647. The van der Waals surface area contributed by atoms with Crippen molar-refractivity contribution in [3.63, 3.8) is 0 Å². The van der Waals surface area contributed by atoms with E-state index in [9.17, 15) is 0 Å². The van der Waals surface area contributed by atoms with Gasteiger partial charge in [0, 0.05) is 30.4 Å². The van der Waals surface area contributed by atoms with Crippen molar-refractivity contribution < 1.29 is 0 Å². The fraction of sp³-hybridized carbons (Fsp3) is 0.812. The van der Waals surface area contributed by atoms with E-state index in [0.29, 0.717) is 12.0 Å². The number of aromatic nitrogens is 2. The van der Waals surface area contributed by atoms with Gasteiger partial charge in [0.25, 0.3) is 0 Å². The lowest BCUT2D eigenvalue weighted by molar-refractivity contribution is 0.238. The molecule has 3 heteroatoms. The maximum absolute atomic E-state index is 4.46. The normalized spacial score (nSPS) is 39.0.